The number of thioether (sulfide) groups is 2. The molecule has 0 aromatic heterocycles. The lowest BCUT2D eigenvalue weighted by molar-refractivity contribution is -0.121. The van der Waals surface area contributed by atoms with Gasteiger partial charge in [-0.25, -0.2) is 5.43 Å². The van der Waals surface area contributed by atoms with Crippen LogP contribution in [-0.2, 0) is 4.79 Å². The summed E-state index contributed by atoms with van der Waals surface area (Å²) in [6.07, 6.45) is 2.08. The summed E-state index contributed by atoms with van der Waals surface area (Å²) in [7, 11) is 1.61. The second-order valence-electron chi connectivity index (χ2n) is 5.27. The number of halogens is 1. The highest BCUT2D eigenvalue weighted by molar-refractivity contribution is 14.1. The van der Waals surface area contributed by atoms with Gasteiger partial charge in [-0.15, -0.1) is 23.5 Å². The normalized spacial score (nSPS) is 16.3. The molecule has 1 aliphatic heterocycles. The number of ether oxygens (including phenoxy) is 2. The molecule has 1 saturated heterocycles. The Morgan fingerprint density at radius 3 is 2.79 bits per heavy atom. The first kappa shape index (κ1) is 19.7. The fourth-order valence-corrected chi connectivity index (χ4v) is 5.88. The molecule has 8 heteroatoms. The Balaban J connectivity index is 1.98. The van der Waals surface area contributed by atoms with Gasteiger partial charge in [0.05, 0.1) is 34.0 Å². The molecule has 1 aromatic rings. The summed E-state index contributed by atoms with van der Waals surface area (Å²) in [5.74, 6) is 3.51. The van der Waals surface area contributed by atoms with E-state index in [2.05, 4.69) is 40.0 Å². The lowest BCUT2D eigenvalue weighted by atomic mass is 10.2. The van der Waals surface area contributed by atoms with E-state index >= 15 is 0 Å². The molecule has 1 aromatic carbocycles. The molecule has 1 heterocycles. The van der Waals surface area contributed by atoms with Gasteiger partial charge >= 0.3 is 0 Å². The average Bonchev–Trinajstić information content (AvgIpc) is 2.95. The van der Waals surface area contributed by atoms with Crippen molar-refractivity contribution < 1.29 is 14.3 Å². The number of nitrogens with one attached hydrogen (secondary N) is 1. The highest BCUT2D eigenvalue weighted by atomic mass is 127. The zero-order valence-corrected chi connectivity index (χ0v) is 17.7. The molecule has 0 unspecified atom stereocenters. The highest BCUT2D eigenvalue weighted by Gasteiger charge is 2.32. The van der Waals surface area contributed by atoms with E-state index in [0.29, 0.717) is 18.8 Å². The summed E-state index contributed by atoms with van der Waals surface area (Å²) in [6, 6.07) is 3.78. The van der Waals surface area contributed by atoms with E-state index < -0.39 is 0 Å². The Labute approximate surface area is 164 Å². The van der Waals surface area contributed by atoms with Crippen molar-refractivity contribution in [2.45, 2.75) is 24.3 Å². The van der Waals surface area contributed by atoms with Gasteiger partial charge in [-0.1, -0.05) is 0 Å². The van der Waals surface area contributed by atoms with Gasteiger partial charge in [-0.3, -0.25) is 4.79 Å². The average molecular weight is 480 g/mol. The molecule has 2 rings (SSSR count). The molecule has 1 aliphatic rings. The summed E-state index contributed by atoms with van der Waals surface area (Å²) < 4.78 is 11.9. The van der Waals surface area contributed by atoms with Crippen molar-refractivity contribution >= 4 is 58.2 Å². The summed E-state index contributed by atoms with van der Waals surface area (Å²) in [5, 5.41) is 4.06. The maximum absolute atomic E-state index is 12.0. The molecule has 0 spiro atoms. The number of benzene rings is 1. The Morgan fingerprint density at radius 1 is 1.46 bits per heavy atom. The van der Waals surface area contributed by atoms with Crippen LogP contribution in [0, 0.1) is 3.57 Å². The van der Waals surface area contributed by atoms with Crippen molar-refractivity contribution in [3.63, 3.8) is 0 Å². The van der Waals surface area contributed by atoms with Crippen LogP contribution >= 0.6 is 46.1 Å². The van der Waals surface area contributed by atoms with Gasteiger partial charge in [-0.05, 0) is 54.1 Å². The second kappa shape index (κ2) is 9.19. The van der Waals surface area contributed by atoms with Gasteiger partial charge in [0.25, 0.3) is 0 Å². The van der Waals surface area contributed by atoms with Crippen LogP contribution < -0.4 is 14.9 Å². The van der Waals surface area contributed by atoms with Gasteiger partial charge < -0.3 is 9.47 Å². The predicted molar refractivity (Wildman–Crippen MR) is 111 cm³/mol. The summed E-state index contributed by atoms with van der Waals surface area (Å²) in [5.41, 5.74) is 3.45. The fourth-order valence-electron chi connectivity index (χ4n) is 2.27. The lowest BCUT2D eigenvalue weighted by Gasteiger charge is -2.19. The van der Waals surface area contributed by atoms with Crippen molar-refractivity contribution in [1.82, 2.24) is 5.43 Å². The van der Waals surface area contributed by atoms with Crippen molar-refractivity contribution in [2.24, 2.45) is 5.10 Å². The minimum atomic E-state index is -0.0664. The van der Waals surface area contributed by atoms with Crippen LogP contribution in [0.4, 0.5) is 0 Å². The zero-order chi connectivity index (χ0) is 17.6. The van der Waals surface area contributed by atoms with Gasteiger partial charge in [0.2, 0.25) is 5.91 Å². The SMILES string of the molecule is CCOc1c(I)cc(C=NNC(=O)CC2(C)SCCS2)cc1OC. The van der Waals surface area contributed by atoms with Crippen molar-refractivity contribution in [2.75, 3.05) is 25.2 Å². The maximum atomic E-state index is 12.0. The van der Waals surface area contributed by atoms with Crippen LogP contribution in [0.5, 0.6) is 11.5 Å². The van der Waals surface area contributed by atoms with E-state index in [4.69, 9.17) is 9.47 Å². The number of carbonyl (C=O) groups is 1. The molecule has 0 saturated carbocycles. The number of hydrogen-bond acceptors (Lipinski definition) is 6. The number of methoxy groups -OCH3 is 1. The molecule has 0 radical (unpaired) electrons. The van der Waals surface area contributed by atoms with Crippen molar-refractivity contribution in [3.8, 4) is 11.5 Å². The molecular formula is C16H21IN2O3S2. The molecule has 0 aliphatic carbocycles. The standard InChI is InChI=1S/C16H21IN2O3S2/c1-4-22-15-12(17)7-11(8-13(15)21-3)10-18-19-14(20)9-16(2)23-5-6-24-16/h7-8,10H,4-6,9H2,1-3H3,(H,19,20). The smallest absolute Gasteiger partial charge is 0.242 e. The highest BCUT2D eigenvalue weighted by Crippen LogP contribution is 2.45. The number of carbonyl (C=O) groups excluding carboxylic acids is 1. The van der Waals surface area contributed by atoms with Crippen LogP contribution in [0.25, 0.3) is 0 Å². The Bertz CT molecular complexity index is 620. The number of amides is 1. The van der Waals surface area contributed by atoms with Crippen LogP contribution in [0.1, 0.15) is 25.8 Å². The third-order valence-electron chi connectivity index (χ3n) is 3.32. The molecule has 1 amide bonds. The maximum Gasteiger partial charge on any atom is 0.242 e. The van der Waals surface area contributed by atoms with Gasteiger partial charge in [0.15, 0.2) is 11.5 Å². The van der Waals surface area contributed by atoms with Gasteiger partial charge in [0.1, 0.15) is 0 Å². The molecule has 1 fully saturated rings. The van der Waals surface area contributed by atoms with Crippen LogP contribution in [-0.4, -0.2) is 41.4 Å². The molecule has 0 atom stereocenters. The molecule has 132 valence electrons. The van der Waals surface area contributed by atoms with Crippen molar-refractivity contribution in [1.29, 1.82) is 0 Å². The monoisotopic (exact) mass is 480 g/mol. The van der Waals surface area contributed by atoms with E-state index in [0.717, 1.165) is 26.4 Å². The zero-order valence-electron chi connectivity index (χ0n) is 13.9. The van der Waals surface area contributed by atoms with E-state index in [1.165, 1.54) is 0 Å². The largest absolute Gasteiger partial charge is 0.493 e. The summed E-state index contributed by atoms with van der Waals surface area (Å²) >= 11 is 5.87. The minimum Gasteiger partial charge on any atom is -0.493 e. The van der Waals surface area contributed by atoms with Crippen LogP contribution in [0.2, 0.25) is 0 Å². The molecule has 1 N–H and O–H groups in total. The summed E-state index contributed by atoms with van der Waals surface area (Å²) in [6.45, 7) is 4.62. The molecule has 24 heavy (non-hydrogen) atoms. The number of nitrogens with zero attached hydrogens (tertiary/aromatic N) is 1. The first-order chi connectivity index (χ1) is 11.5. The second-order valence-corrected chi connectivity index (χ2v) is 9.88. The Hall–Kier alpha value is -0.610. The fraction of sp³-hybridized carbons (Fsp3) is 0.500. The molecule has 0 bridgehead atoms. The van der Waals surface area contributed by atoms with E-state index in [-0.39, 0.29) is 9.99 Å². The van der Waals surface area contributed by atoms with Crippen LogP contribution in [0.15, 0.2) is 17.2 Å². The first-order valence-electron chi connectivity index (χ1n) is 7.57. The van der Waals surface area contributed by atoms with E-state index in [9.17, 15) is 4.79 Å². The lowest BCUT2D eigenvalue weighted by Crippen LogP contribution is -2.26. The number of hydrogen-bond donors (Lipinski definition) is 1. The van der Waals surface area contributed by atoms with Gasteiger partial charge in [-0.2, -0.15) is 5.10 Å². The molecule has 5 nitrogen and oxygen atoms in total. The van der Waals surface area contributed by atoms with E-state index in [1.807, 2.05) is 42.6 Å². The molecular weight excluding hydrogens is 459 g/mol. The predicted octanol–water partition coefficient (Wildman–Crippen LogP) is 3.73. The first-order valence-corrected chi connectivity index (χ1v) is 10.6. The van der Waals surface area contributed by atoms with Gasteiger partial charge in [0, 0.05) is 11.5 Å². The van der Waals surface area contributed by atoms with E-state index in [1.54, 1.807) is 13.3 Å². The van der Waals surface area contributed by atoms with Crippen LogP contribution in [0.3, 0.4) is 0 Å². The summed E-state index contributed by atoms with van der Waals surface area (Å²) in [4.78, 5) is 12.0. The number of hydrazone groups is 1. The number of rotatable bonds is 7. The minimum absolute atomic E-state index is 0.0304. The quantitative estimate of drug-likeness (QED) is 0.366. The third kappa shape index (κ3) is 5.45. The Kier molecular flexibility index (Phi) is 7.55. The topological polar surface area (TPSA) is 59.9 Å². The van der Waals surface area contributed by atoms with Crippen molar-refractivity contribution in [3.05, 3.63) is 21.3 Å². The third-order valence-corrected chi connectivity index (χ3v) is 7.42. The Morgan fingerprint density at radius 2 is 2.17 bits per heavy atom.